The highest BCUT2D eigenvalue weighted by atomic mass is 16.6. The Bertz CT molecular complexity index is 722. The summed E-state index contributed by atoms with van der Waals surface area (Å²) in [6, 6.07) is 9.06. The van der Waals surface area contributed by atoms with E-state index in [4.69, 9.17) is 9.47 Å². The number of ether oxygens (including phenoxy) is 2. The maximum Gasteiger partial charge on any atom is 0.429 e. The van der Waals surface area contributed by atoms with Crippen LogP contribution in [0.2, 0.25) is 0 Å². The van der Waals surface area contributed by atoms with Crippen molar-refractivity contribution in [3.63, 3.8) is 0 Å². The first kappa shape index (κ1) is 23.5. The molecule has 2 rings (SSSR count). The lowest BCUT2D eigenvalue weighted by Crippen LogP contribution is -2.54. The normalized spacial score (nSPS) is 18.8. The van der Waals surface area contributed by atoms with Crippen LogP contribution in [0.5, 0.6) is 0 Å². The summed E-state index contributed by atoms with van der Waals surface area (Å²) in [5, 5.41) is 1.22. The summed E-state index contributed by atoms with van der Waals surface area (Å²) in [5.74, 6) is 0.0201. The third-order valence-electron chi connectivity index (χ3n) is 4.86. The average Bonchev–Trinajstić information content (AvgIpc) is 2.69. The number of hydrazine groups is 1. The van der Waals surface area contributed by atoms with Crippen LogP contribution in [0, 0.1) is 5.92 Å². The lowest BCUT2D eigenvalue weighted by Gasteiger charge is -2.36. The maximum atomic E-state index is 12.8. The Morgan fingerprint density at radius 1 is 1.03 bits per heavy atom. The molecule has 166 valence electrons. The van der Waals surface area contributed by atoms with E-state index in [0.29, 0.717) is 25.7 Å². The number of nitrogens with zero attached hydrogens (tertiary/aromatic N) is 2. The largest absolute Gasteiger partial charge is 0.443 e. The number of benzene rings is 1. The van der Waals surface area contributed by atoms with E-state index in [0.717, 1.165) is 5.56 Å². The molecule has 1 aliphatic rings. The fourth-order valence-electron chi connectivity index (χ4n) is 3.42. The van der Waals surface area contributed by atoms with Gasteiger partial charge in [-0.15, -0.1) is 0 Å². The van der Waals surface area contributed by atoms with Crippen molar-refractivity contribution in [2.45, 2.75) is 64.7 Å². The van der Waals surface area contributed by atoms with Gasteiger partial charge in [0.2, 0.25) is 5.91 Å². The van der Waals surface area contributed by atoms with Crippen molar-refractivity contribution in [3.8, 4) is 0 Å². The fraction of sp³-hybridized carbons (Fsp3) is 0.591. The van der Waals surface area contributed by atoms with Crippen molar-refractivity contribution in [3.05, 3.63) is 35.9 Å². The number of carbonyl (C=O) groups excluding carboxylic acids is 3. The molecule has 1 saturated carbocycles. The highest BCUT2D eigenvalue weighted by molar-refractivity contribution is 5.78. The molecule has 0 aromatic heterocycles. The Morgan fingerprint density at radius 3 is 2.17 bits per heavy atom. The molecule has 0 bridgehead atoms. The summed E-state index contributed by atoms with van der Waals surface area (Å²) in [5.41, 5.74) is 2.70. The molecule has 0 saturated heterocycles. The number of carbonyl (C=O) groups is 3. The van der Waals surface area contributed by atoms with Gasteiger partial charge in [-0.2, -0.15) is 0 Å². The molecule has 8 nitrogen and oxygen atoms in total. The topological polar surface area (TPSA) is 88.2 Å². The lowest BCUT2D eigenvalue weighted by molar-refractivity contribution is -0.134. The second-order valence-corrected chi connectivity index (χ2v) is 8.76. The molecular weight excluding hydrogens is 386 g/mol. The zero-order chi connectivity index (χ0) is 22.3. The van der Waals surface area contributed by atoms with Crippen LogP contribution in [-0.4, -0.2) is 53.7 Å². The zero-order valence-electron chi connectivity index (χ0n) is 18.5. The van der Waals surface area contributed by atoms with Crippen molar-refractivity contribution in [2.75, 3.05) is 14.1 Å². The molecular formula is C22H33N3O5. The summed E-state index contributed by atoms with van der Waals surface area (Å²) in [7, 11) is 3.48. The Labute approximate surface area is 178 Å². The quantitative estimate of drug-likeness (QED) is 0.752. The molecule has 8 heteroatoms. The molecule has 1 aromatic carbocycles. The number of hydrogen-bond donors (Lipinski definition) is 1. The first-order valence-corrected chi connectivity index (χ1v) is 10.3. The van der Waals surface area contributed by atoms with Crippen molar-refractivity contribution < 1.29 is 23.9 Å². The molecule has 1 aromatic rings. The highest BCUT2D eigenvalue weighted by Crippen LogP contribution is 2.28. The smallest absolute Gasteiger partial charge is 0.429 e. The van der Waals surface area contributed by atoms with E-state index < -0.39 is 17.8 Å². The van der Waals surface area contributed by atoms with Gasteiger partial charge in [0.1, 0.15) is 12.2 Å². The number of amides is 3. The van der Waals surface area contributed by atoms with Gasteiger partial charge in [0.25, 0.3) is 0 Å². The fourth-order valence-corrected chi connectivity index (χ4v) is 3.42. The Morgan fingerprint density at radius 2 is 1.63 bits per heavy atom. The second kappa shape index (κ2) is 10.3. The van der Waals surface area contributed by atoms with Gasteiger partial charge in [0, 0.05) is 20.0 Å². The van der Waals surface area contributed by atoms with Crippen LogP contribution >= 0.6 is 0 Å². The van der Waals surface area contributed by atoms with Gasteiger partial charge in [-0.3, -0.25) is 4.79 Å². The van der Waals surface area contributed by atoms with Gasteiger partial charge in [0.05, 0.1) is 6.04 Å². The van der Waals surface area contributed by atoms with E-state index in [1.165, 1.54) is 5.01 Å². The third kappa shape index (κ3) is 7.24. The molecule has 0 heterocycles. The van der Waals surface area contributed by atoms with Gasteiger partial charge in [-0.1, -0.05) is 30.3 Å². The summed E-state index contributed by atoms with van der Waals surface area (Å²) in [6.45, 7) is 5.36. The van der Waals surface area contributed by atoms with Crippen molar-refractivity contribution >= 4 is 18.1 Å². The molecule has 0 aliphatic heterocycles. The third-order valence-corrected chi connectivity index (χ3v) is 4.86. The first-order chi connectivity index (χ1) is 14.1. The standard InChI is InChI=1S/C22H33N3O5/c1-22(2,3)30-20(27)23-25(21(28)29-15-16-9-7-6-8-10-16)18-13-11-17(12-14-18)19(26)24(4)5/h6-10,17-18H,11-15H2,1-5H3,(H,23,27). The molecule has 3 amide bonds. The van der Waals surface area contributed by atoms with Crippen molar-refractivity contribution in [1.82, 2.24) is 15.3 Å². The number of hydrogen-bond acceptors (Lipinski definition) is 5. The van der Waals surface area contributed by atoms with Crippen LogP contribution in [0.4, 0.5) is 9.59 Å². The average molecular weight is 420 g/mol. The van der Waals surface area contributed by atoms with Crippen LogP contribution in [0.3, 0.4) is 0 Å². The zero-order valence-corrected chi connectivity index (χ0v) is 18.5. The van der Waals surface area contributed by atoms with Gasteiger partial charge in [0.15, 0.2) is 0 Å². The molecule has 1 N–H and O–H groups in total. The molecule has 30 heavy (non-hydrogen) atoms. The van der Waals surface area contributed by atoms with E-state index in [1.54, 1.807) is 39.8 Å². The monoisotopic (exact) mass is 419 g/mol. The van der Waals surface area contributed by atoms with E-state index >= 15 is 0 Å². The Kier molecular flexibility index (Phi) is 8.08. The molecule has 0 radical (unpaired) electrons. The second-order valence-electron chi connectivity index (χ2n) is 8.76. The van der Waals surface area contributed by atoms with Crippen LogP contribution < -0.4 is 5.43 Å². The minimum absolute atomic E-state index is 0.0695. The minimum atomic E-state index is -0.717. The van der Waals surface area contributed by atoms with Crippen LogP contribution in [0.15, 0.2) is 30.3 Å². The van der Waals surface area contributed by atoms with Crippen LogP contribution in [-0.2, 0) is 20.9 Å². The summed E-state index contributed by atoms with van der Waals surface area (Å²) in [6.07, 6.45) is 1.08. The van der Waals surface area contributed by atoms with Crippen molar-refractivity contribution in [2.24, 2.45) is 5.92 Å². The summed E-state index contributed by atoms with van der Waals surface area (Å²) in [4.78, 5) is 38.9. The highest BCUT2D eigenvalue weighted by Gasteiger charge is 2.34. The summed E-state index contributed by atoms with van der Waals surface area (Å²) >= 11 is 0. The van der Waals surface area contributed by atoms with E-state index in [1.807, 2.05) is 30.3 Å². The Balaban J connectivity index is 2.04. The van der Waals surface area contributed by atoms with Gasteiger partial charge in [-0.25, -0.2) is 20.0 Å². The van der Waals surface area contributed by atoms with Crippen molar-refractivity contribution in [1.29, 1.82) is 0 Å². The Hall–Kier alpha value is -2.77. The first-order valence-electron chi connectivity index (χ1n) is 10.3. The maximum absolute atomic E-state index is 12.8. The van der Waals surface area contributed by atoms with Crippen LogP contribution in [0.1, 0.15) is 52.0 Å². The predicted octanol–water partition coefficient (Wildman–Crippen LogP) is 3.71. The van der Waals surface area contributed by atoms with Gasteiger partial charge in [-0.05, 0) is 52.0 Å². The molecule has 0 unspecified atom stereocenters. The van der Waals surface area contributed by atoms with Gasteiger partial charge >= 0.3 is 12.2 Å². The molecule has 0 spiro atoms. The molecule has 0 atom stereocenters. The number of rotatable bonds is 4. The SMILES string of the molecule is CN(C)C(=O)C1CCC(N(NC(=O)OC(C)(C)C)C(=O)OCc2ccccc2)CC1. The molecule has 1 aliphatic carbocycles. The molecule has 1 fully saturated rings. The predicted molar refractivity (Wildman–Crippen MR) is 112 cm³/mol. The summed E-state index contributed by atoms with van der Waals surface area (Å²) < 4.78 is 10.7. The van der Waals surface area contributed by atoms with E-state index in [9.17, 15) is 14.4 Å². The van der Waals surface area contributed by atoms with Crippen LogP contribution in [0.25, 0.3) is 0 Å². The van der Waals surface area contributed by atoms with E-state index in [2.05, 4.69) is 5.43 Å². The number of nitrogens with one attached hydrogen (secondary N) is 1. The lowest BCUT2D eigenvalue weighted by atomic mass is 9.85. The minimum Gasteiger partial charge on any atom is -0.443 e. The van der Waals surface area contributed by atoms with Gasteiger partial charge < -0.3 is 14.4 Å². The van der Waals surface area contributed by atoms with E-state index in [-0.39, 0.29) is 24.5 Å².